The van der Waals surface area contributed by atoms with E-state index >= 15 is 0 Å². The number of methoxy groups -OCH3 is 1. The van der Waals surface area contributed by atoms with Crippen molar-refractivity contribution < 1.29 is 14.6 Å². The third-order valence-electron chi connectivity index (χ3n) is 2.59. The first-order valence-electron chi connectivity index (χ1n) is 5.02. The molecule has 0 saturated carbocycles. The summed E-state index contributed by atoms with van der Waals surface area (Å²) >= 11 is 6.88. The molecule has 0 amide bonds. The van der Waals surface area contributed by atoms with Crippen LogP contribution in [0.25, 0.3) is 0 Å². The third-order valence-corrected chi connectivity index (χ3v) is 4.00. The molecule has 0 bridgehead atoms. The van der Waals surface area contributed by atoms with Gasteiger partial charge in [0.25, 0.3) is 0 Å². The molecular formula is C11H12Br2O3. The maximum Gasteiger partial charge on any atom is 0.140 e. The molecule has 0 saturated heterocycles. The highest BCUT2D eigenvalue weighted by Gasteiger charge is 2.25. The highest BCUT2D eigenvalue weighted by Crippen LogP contribution is 2.46. The summed E-state index contributed by atoms with van der Waals surface area (Å²) in [6, 6.07) is 1.83. The van der Waals surface area contributed by atoms with Gasteiger partial charge in [-0.25, -0.2) is 0 Å². The fourth-order valence-corrected chi connectivity index (χ4v) is 3.05. The van der Waals surface area contributed by atoms with Gasteiger partial charge in [0.05, 0.1) is 28.8 Å². The zero-order valence-corrected chi connectivity index (χ0v) is 12.0. The van der Waals surface area contributed by atoms with Crippen molar-refractivity contribution in [1.29, 1.82) is 0 Å². The second-order valence-electron chi connectivity index (χ2n) is 3.62. The van der Waals surface area contributed by atoms with Crippen LogP contribution in [0.2, 0.25) is 0 Å². The van der Waals surface area contributed by atoms with Gasteiger partial charge in [-0.15, -0.1) is 0 Å². The first kappa shape index (κ1) is 12.2. The van der Waals surface area contributed by atoms with Gasteiger partial charge in [-0.1, -0.05) is 0 Å². The monoisotopic (exact) mass is 350 g/mol. The molecule has 5 heteroatoms. The van der Waals surface area contributed by atoms with Gasteiger partial charge in [-0.2, -0.15) is 0 Å². The molecule has 0 aromatic heterocycles. The lowest BCUT2D eigenvalue weighted by molar-refractivity contribution is 0.166. The Labute approximate surface area is 111 Å². The lowest BCUT2D eigenvalue weighted by atomic mass is 10.0. The van der Waals surface area contributed by atoms with Crippen molar-refractivity contribution in [1.82, 2.24) is 0 Å². The lowest BCUT2D eigenvalue weighted by Gasteiger charge is -2.17. The summed E-state index contributed by atoms with van der Waals surface area (Å²) in [5.74, 6) is 1.40. The summed E-state index contributed by atoms with van der Waals surface area (Å²) in [7, 11) is 1.60. The number of aliphatic hydroxyl groups is 1. The Kier molecular flexibility index (Phi) is 3.77. The first-order valence-corrected chi connectivity index (χ1v) is 6.60. The van der Waals surface area contributed by atoms with Crippen molar-refractivity contribution in [2.24, 2.45) is 0 Å². The Bertz CT molecular complexity index is 407. The van der Waals surface area contributed by atoms with Gasteiger partial charge >= 0.3 is 0 Å². The molecule has 0 aliphatic carbocycles. The second kappa shape index (κ2) is 4.94. The molecular weight excluding hydrogens is 340 g/mol. The van der Waals surface area contributed by atoms with Crippen LogP contribution in [0.4, 0.5) is 0 Å². The standard InChI is InChI=1S/C11H12Br2O3/c1-15-8-5-6(12)11-9(10(8)13)7(14)3-2-4-16-11/h5,7,14H,2-4H2,1H3/t7-/m1/s1. The molecule has 0 spiro atoms. The van der Waals surface area contributed by atoms with E-state index in [0.717, 1.165) is 20.9 Å². The molecule has 1 heterocycles. The number of ether oxygens (including phenoxy) is 2. The molecule has 1 aromatic rings. The van der Waals surface area contributed by atoms with Gasteiger partial charge in [0, 0.05) is 5.56 Å². The number of aliphatic hydroxyl groups excluding tert-OH is 1. The van der Waals surface area contributed by atoms with Crippen LogP contribution >= 0.6 is 31.9 Å². The van der Waals surface area contributed by atoms with Crippen molar-refractivity contribution in [3.05, 3.63) is 20.6 Å². The highest BCUT2D eigenvalue weighted by atomic mass is 79.9. The molecule has 1 aromatic carbocycles. The van der Waals surface area contributed by atoms with E-state index in [1.165, 1.54) is 0 Å². The van der Waals surface area contributed by atoms with Crippen LogP contribution in [-0.4, -0.2) is 18.8 Å². The minimum Gasteiger partial charge on any atom is -0.496 e. The number of fused-ring (bicyclic) bond motifs is 1. The highest BCUT2D eigenvalue weighted by molar-refractivity contribution is 9.11. The predicted octanol–water partition coefficient (Wildman–Crippen LogP) is 3.43. The summed E-state index contributed by atoms with van der Waals surface area (Å²) in [6.45, 7) is 0.626. The number of rotatable bonds is 1. The molecule has 1 aliphatic heterocycles. The van der Waals surface area contributed by atoms with Crippen LogP contribution in [0, 0.1) is 0 Å². The van der Waals surface area contributed by atoms with E-state index in [2.05, 4.69) is 31.9 Å². The number of halogens is 2. The second-order valence-corrected chi connectivity index (χ2v) is 5.27. The topological polar surface area (TPSA) is 38.7 Å². The van der Waals surface area contributed by atoms with E-state index in [9.17, 15) is 5.11 Å². The largest absolute Gasteiger partial charge is 0.496 e. The van der Waals surface area contributed by atoms with Gasteiger partial charge in [-0.05, 0) is 50.8 Å². The van der Waals surface area contributed by atoms with Crippen molar-refractivity contribution in [3.63, 3.8) is 0 Å². The van der Waals surface area contributed by atoms with Crippen LogP contribution in [0.5, 0.6) is 11.5 Å². The average Bonchev–Trinajstić information content (AvgIpc) is 2.46. The van der Waals surface area contributed by atoms with E-state index in [1.54, 1.807) is 7.11 Å². The summed E-state index contributed by atoms with van der Waals surface area (Å²) < 4.78 is 12.5. The van der Waals surface area contributed by atoms with Gasteiger partial charge < -0.3 is 14.6 Å². The molecule has 1 aliphatic rings. The van der Waals surface area contributed by atoms with Gasteiger partial charge in [0.15, 0.2) is 0 Å². The summed E-state index contributed by atoms with van der Waals surface area (Å²) in [6.07, 6.45) is 1.03. The fourth-order valence-electron chi connectivity index (χ4n) is 1.79. The molecule has 2 rings (SSSR count). The summed E-state index contributed by atoms with van der Waals surface area (Å²) in [4.78, 5) is 0. The number of hydrogen-bond acceptors (Lipinski definition) is 3. The fraction of sp³-hybridized carbons (Fsp3) is 0.455. The van der Waals surface area contributed by atoms with Crippen LogP contribution in [0.3, 0.4) is 0 Å². The minimum absolute atomic E-state index is 0.515. The zero-order valence-electron chi connectivity index (χ0n) is 8.80. The van der Waals surface area contributed by atoms with Crippen LogP contribution in [0.1, 0.15) is 24.5 Å². The van der Waals surface area contributed by atoms with E-state index in [0.29, 0.717) is 24.5 Å². The van der Waals surface area contributed by atoms with E-state index in [-0.39, 0.29) is 0 Å². The van der Waals surface area contributed by atoms with Crippen LogP contribution in [0.15, 0.2) is 15.0 Å². The van der Waals surface area contributed by atoms with Crippen molar-refractivity contribution in [2.75, 3.05) is 13.7 Å². The smallest absolute Gasteiger partial charge is 0.140 e. The molecule has 1 N–H and O–H groups in total. The first-order chi connectivity index (χ1) is 7.65. The quantitative estimate of drug-likeness (QED) is 0.842. The Morgan fingerprint density at radius 3 is 2.94 bits per heavy atom. The van der Waals surface area contributed by atoms with Crippen molar-refractivity contribution in [3.8, 4) is 11.5 Å². The van der Waals surface area contributed by atoms with Crippen LogP contribution in [-0.2, 0) is 0 Å². The SMILES string of the molecule is COc1cc(Br)c2c(c1Br)[C@H](O)CCCO2. The molecule has 16 heavy (non-hydrogen) atoms. The number of hydrogen-bond donors (Lipinski definition) is 1. The lowest BCUT2D eigenvalue weighted by Crippen LogP contribution is -2.00. The molecule has 0 unspecified atom stereocenters. The Morgan fingerprint density at radius 2 is 2.25 bits per heavy atom. The van der Waals surface area contributed by atoms with E-state index in [1.807, 2.05) is 6.07 Å². The Balaban J connectivity index is 2.62. The maximum absolute atomic E-state index is 10.1. The summed E-state index contributed by atoms with van der Waals surface area (Å²) in [5.41, 5.74) is 0.767. The van der Waals surface area contributed by atoms with Crippen LogP contribution < -0.4 is 9.47 Å². The molecule has 1 atom stereocenters. The van der Waals surface area contributed by atoms with Gasteiger partial charge in [0.2, 0.25) is 0 Å². The molecule has 88 valence electrons. The minimum atomic E-state index is -0.515. The van der Waals surface area contributed by atoms with Gasteiger partial charge in [-0.3, -0.25) is 0 Å². The molecule has 0 fully saturated rings. The van der Waals surface area contributed by atoms with Crippen molar-refractivity contribution >= 4 is 31.9 Å². The number of benzene rings is 1. The van der Waals surface area contributed by atoms with E-state index in [4.69, 9.17) is 9.47 Å². The maximum atomic E-state index is 10.1. The molecule has 3 nitrogen and oxygen atoms in total. The average molecular weight is 352 g/mol. The van der Waals surface area contributed by atoms with Gasteiger partial charge in [0.1, 0.15) is 11.5 Å². The molecule has 0 radical (unpaired) electrons. The Morgan fingerprint density at radius 1 is 1.50 bits per heavy atom. The Hall–Kier alpha value is -0.260. The zero-order chi connectivity index (χ0) is 11.7. The summed E-state index contributed by atoms with van der Waals surface area (Å²) in [5, 5.41) is 10.1. The van der Waals surface area contributed by atoms with Crippen molar-refractivity contribution in [2.45, 2.75) is 18.9 Å². The normalized spacial score (nSPS) is 19.6. The third kappa shape index (κ3) is 2.08. The predicted molar refractivity (Wildman–Crippen MR) is 68.1 cm³/mol. The van der Waals surface area contributed by atoms with E-state index < -0.39 is 6.10 Å².